The van der Waals surface area contributed by atoms with Gasteiger partial charge in [-0.1, -0.05) is 17.7 Å². The molecule has 0 aromatic heterocycles. The fourth-order valence-corrected chi connectivity index (χ4v) is 2.28. The molecule has 0 aliphatic carbocycles. The van der Waals surface area contributed by atoms with Crippen LogP contribution in [0.3, 0.4) is 0 Å². The summed E-state index contributed by atoms with van der Waals surface area (Å²) in [6.07, 6.45) is 0.238. The smallest absolute Gasteiger partial charge is 0.0928 e. The van der Waals surface area contributed by atoms with Crippen LogP contribution < -0.4 is 0 Å². The van der Waals surface area contributed by atoms with Gasteiger partial charge in [0.1, 0.15) is 0 Å². The molecule has 1 aliphatic rings. The lowest BCUT2D eigenvalue weighted by atomic mass is 10.2. The minimum Gasteiger partial charge on any atom is -0.372 e. The Morgan fingerprint density at radius 1 is 1.46 bits per heavy atom. The van der Waals surface area contributed by atoms with Crippen LogP contribution in [-0.4, -0.2) is 22.7 Å². The van der Waals surface area contributed by atoms with Gasteiger partial charge in [-0.15, -0.1) is 0 Å². The molecule has 2 atom stereocenters. The molecule has 0 spiro atoms. The molecule has 0 N–H and O–H groups in total. The molecule has 1 fully saturated rings. The Balaban J connectivity index is 2.05. The lowest BCUT2D eigenvalue weighted by Gasteiger charge is -1.99. The summed E-state index contributed by atoms with van der Waals surface area (Å²) in [5, 5.41) is 0. The van der Waals surface area contributed by atoms with Crippen LogP contribution in [0, 0.1) is 6.92 Å². The van der Waals surface area contributed by atoms with Gasteiger partial charge in [0.05, 0.1) is 29.3 Å². The van der Waals surface area contributed by atoms with E-state index < -0.39 is 10.8 Å². The van der Waals surface area contributed by atoms with Crippen molar-refractivity contribution in [2.45, 2.75) is 17.9 Å². The third kappa shape index (κ3) is 2.39. The first-order valence-corrected chi connectivity index (χ1v) is 5.64. The molecule has 1 unspecified atom stereocenters. The zero-order valence-corrected chi connectivity index (χ0v) is 8.34. The average molecular weight is 196 g/mol. The van der Waals surface area contributed by atoms with E-state index in [1.165, 1.54) is 5.56 Å². The molecule has 2 nitrogen and oxygen atoms in total. The quantitative estimate of drug-likeness (QED) is 0.686. The number of hydrogen-bond donors (Lipinski definition) is 0. The summed E-state index contributed by atoms with van der Waals surface area (Å²) in [6, 6.07) is 7.82. The predicted octanol–water partition coefficient (Wildman–Crippen LogP) is 1.50. The highest BCUT2D eigenvalue weighted by Gasteiger charge is 2.25. The van der Waals surface area contributed by atoms with Gasteiger partial charge in [-0.2, -0.15) is 0 Å². The van der Waals surface area contributed by atoms with Crippen LogP contribution in [0.5, 0.6) is 0 Å². The van der Waals surface area contributed by atoms with Gasteiger partial charge in [-0.3, -0.25) is 4.21 Å². The zero-order chi connectivity index (χ0) is 9.26. The van der Waals surface area contributed by atoms with Crippen molar-refractivity contribution >= 4 is 10.8 Å². The fraction of sp³-hybridized carbons (Fsp3) is 0.400. The van der Waals surface area contributed by atoms with Gasteiger partial charge < -0.3 is 4.74 Å². The molecule has 0 saturated carbocycles. The average Bonchev–Trinajstić information content (AvgIpc) is 2.89. The molecule has 1 aromatic carbocycles. The van der Waals surface area contributed by atoms with E-state index in [2.05, 4.69) is 0 Å². The Morgan fingerprint density at radius 3 is 2.62 bits per heavy atom. The van der Waals surface area contributed by atoms with E-state index in [0.717, 1.165) is 11.5 Å². The van der Waals surface area contributed by atoms with Gasteiger partial charge in [-0.05, 0) is 19.1 Å². The molecule has 0 radical (unpaired) electrons. The van der Waals surface area contributed by atoms with Crippen molar-refractivity contribution in [1.29, 1.82) is 0 Å². The van der Waals surface area contributed by atoms with Crippen molar-refractivity contribution in [3.63, 3.8) is 0 Å². The van der Waals surface area contributed by atoms with Crippen LogP contribution in [0.1, 0.15) is 5.56 Å². The Kier molecular flexibility index (Phi) is 2.47. The maximum atomic E-state index is 11.6. The summed E-state index contributed by atoms with van der Waals surface area (Å²) in [6.45, 7) is 2.80. The van der Waals surface area contributed by atoms with Crippen LogP contribution in [0.4, 0.5) is 0 Å². The second kappa shape index (κ2) is 3.60. The van der Waals surface area contributed by atoms with Gasteiger partial charge in [0.25, 0.3) is 0 Å². The molecule has 0 amide bonds. The Labute approximate surface area is 80.4 Å². The molecule has 1 heterocycles. The number of ether oxygens (including phenoxy) is 1. The summed E-state index contributed by atoms with van der Waals surface area (Å²) in [5.41, 5.74) is 1.20. The molecule has 1 aromatic rings. The van der Waals surface area contributed by atoms with Crippen LogP contribution in [0.25, 0.3) is 0 Å². The third-order valence-electron chi connectivity index (χ3n) is 2.02. The van der Waals surface area contributed by atoms with Crippen LogP contribution in [0.2, 0.25) is 0 Å². The number of aryl methyl sites for hydroxylation is 1. The molecule has 3 heteroatoms. The molecule has 1 aliphatic heterocycles. The zero-order valence-electron chi connectivity index (χ0n) is 7.53. The van der Waals surface area contributed by atoms with Crippen molar-refractivity contribution in [3.05, 3.63) is 29.8 Å². The molecule has 70 valence electrons. The number of benzene rings is 1. The largest absolute Gasteiger partial charge is 0.372 e. The van der Waals surface area contributed by atoms with Crippen molar-refractivity contribution in [1.82, 2.24) is 0 Å². The van der Waals surface area contributed by atoms with E-state index in [-0.39, 0.29) is 6.10 Å². The first-order chi connectivity index (χ1) is 6.25. The SMILES string of the molecule is Cc1ccc(S(=O)C[C@H]2CO2)cc1. The van der Waals surface area contributed by atoms with Crippen LogP contribution in [-0.2, 0) is 15.5 Å². The van der Waals surface area contributed by atoms with Gasteiger partial charge in [0.15, 0.2) is 0 Å². The van der Waals surface area contributed by atoms with Crippen LogP contribution >= 0.6 is 0 Å². The highest BCUT2D eigenvalue weighted by Crippen LogP contribution is 2.15. The monoisotopic (exact) mass is 196 g/mol. The molecule has 1 saturated heterocycles. The lowest BCUT2D eigenvalue weighted by Crippen LogP contribution is -2.03. The second-order valence-electron chi connectivity index (χ2n) is 3.28. The molecule has 13 heavy (non-hydrogen) atoms. The van der Waals surface area contributed by atoms with Crippen molar-refractivity contribution in [2.75, 3.05) is 12.4 Å². The summed E-state index contributed by atoms with van der Waals surface area (Å²) in [5.74, 6) is 0.642. The predicted molar refractivity (Wildman–Crippen MR) is 52.2 cm³/mol. The second-order valence-corrected chi connectivity index (χ2v) is 4.78. The Hall–Kier alpha value is -0.670. The first kappa shape index (κ1) is 8.91. The minimum absolute atomic E-state index is 0.238. The minimum atomic E-state index is -0.884. The number of hydrogen-bond acceptors (Lipinski definition) is 2. The van der Waals surface area contributed by atoms with E-state index in [4.69, 9.17) is 4.74 Å². The highest BCUT2D eigenvalue weighted by atomic mass is 32.2. The summed E-state index contributed by atoms with van der Waals surface area (Å²) < 4.78 is 16.7. The van der Waals surface area contributed by atoms with Crippen molar-refractivity contribution < 1.29 is 8.95 Å². The van der Waals surface area contributed by atoms with E-state index in [1.54, 1.807) is 0 Å². The Morgan fingerprint density at radius 2 is 2.08 bits per heavy atom. The first-order valence-electron chi connectivity index (χ1n) is 4.32. The highest BCUT2D eigenvalue weighted by molar-refractivity contribution is 7.85. The maximum absolute atomic E-state index is 11.6. The lowest BCUT2D eigenvalue weighted by molar-refractivity contribution is 0.425. The molecule has 0 bridgehead atoms. The van der Waals surface area contributed by atoms with E-state index in [9.17, 15) is 4.21 Å². The van der Waals surface area contributed by atoms with Gasteiger partial charge in [0.2, 0.25) is 0 Å². The number of rotatable bonds is 3. The third-order valence-corrected chi connectivity index (χ3v) is 3.50. The van der Waals surface area contributed by atoms with E-state index >= 15 is 0 Å². The van der Waals surface area contributed by atoms with Gasteiger partial charge >= 0.3 is 0 Å². The molecular formula is C10H12O2S. The molecule has 2 rings (SSSR count). The van der Waals surface area contributed by atoms with E-state index in [0.29, 0.717) is 5.75 Å². The Bertz CT molecular complexity index is 314. The standard InChI is InChI=1S/C10H12O2S/c1-8-2-4-10(5-3-8)13(11)7-9-6-12-9/h2-5,9H,6-7H2,1H3/t9-,13?/m1/s1. The van der Waals surface area contributed by atoms with Crippen LogP contribution in [0.15, 0.2) is 29.2 Å². The summed E-state index contributed by atoms with van der Waals surface area (Å²) in [4.78, 5) is 0.904. The van der Waals surface area contributed by atoms with Crippen molar-refractivity contribution in [2.24, 2.45) is 0 Å². The number of epoxide rings is 1. The topological polar surface area (TPSA) is 29.6 Å². The van der Waals surface area contributed by atoms with Crippen molar-refractivity contribution in [3.8, 4) is 0 Å². The van der Waals surface area contributed by atoms with E-state index in [1.807, 2.05) is 31.2 Å². The van der Waals surface area contributed by atoms with Gasteiger partial charge in [0, 0.05) is 4.90 Å². The normalized spacial score (nSPS) is 22.7. The maximum Gasteiger partial charge on any atom is 0.0928 e. The summed E-state index contributed by atoms with van der Waals surface area (Å²) >= 11 is 0. The fourth-order valence-electron chi connectivity index (χ4n) is 1.12. The summed E-state index contributed by atoms with van der Waals surface area (Å²) in [7, 11) is -0.884. The molecular weight excluding hydrogens is 184 g/mol. The van der Waals surface area contributed by atoms with Gasteiger partial charge in [-0.25, -0.2) is 0 Å².